The maximum Gasteiger partial charge on any atom is -0.0124 e. The van der Waals surface area contributed by atoms with E-state index >= 15 is 0 Å². The fraction of sp³-hybridized carbons (Fsp3) is 0.600. The average Bonchev–Trinajstić information content (AvgIpc) is 2.37. The second-order valence-electron chi connectivity index (χ2n) is 8.32. The molecule has 0 spiro atoms. The smallest absolute Gasteiger partial charge is 0.0124 e. The lowest BCUT2D eigenvalue weighted by molar-refractivity contribution is 0.445. The van der Waals surface area contributed by atoms with E-state index in [4.69, 9.17) is 0 Å². The van der Waals surface area contributed by atoms with Crippen LogP contribution in [-0.2, 0) is 5.41 Å². The lowest BCUT2D eigenvalue weighted by Crippen LogP contribution is -2.15. The summed E-state index contributed by atoms with van der Waals surface area (Å²) >= 11 is 0. The molecule has 0 radical (unpaired) electrons. The molecule has 1 aromatic rings. The van der Waals surface area contributed by atoms with E-state index in [1.54, 1.807) is 5.57 Å². The predicted molar refractivity (Wildman–Crippen MR) is 89.3 cm³/mol. The van der Waals surface area contributed by atoms with Crippen molar-refractivity contribution in [2.24, 2.45) is 5.41 Å². The molecule has 1 unspecified atom stereocenters. The summed E-state index contributed by atoms with van der Waals surface area (Å²) in [5.41, 5.74) is 5.19. The van der Waals surface area contributed by atoms with Crippen LogP contribution in [0.2, 0.25) is 0 Å². The van der Waals surface area contributed by atoms with Gasteiger partial charge in [-0.1, -0.05) is 77.5 Å². The second kappa shape index (κ2) is 5.39. The Kier molecular flexibility index (Phi) is 4.14. The maximum atomic E-state index is 2.49. The van der Waals surface area contributed by atoms with Crippen LogP contribution in [0.25, 0.3) is 0 Å². The molecular formula is C20H30. The molecule has 1 aliphatic carbocycles. The van der Waals surface area contributed by atoms with E-state index in [-0.39, 0.29) is 5.41 Å². The molecule has 0 nitrogen and oxygen atoms in total. The van der Waals surface area contributed by atoms with E-state index in [1.165, 1.54) is 30.4 Å². The summed E-state index contributed by atoms with van der Waals surface area (Å²) in [5, 5.41) is 0. The van der Waals surface area contributed by atoms with Gasteiger partial charge in [-0.15, -0.1) is 0 Å². The minimum Gasteiger partial charge on any atom is -0.0842 e. The molecule has 0 saturated carbocycles. The van der Waals surface area contributed by atoms with Crippen LogP contribution in [-0.4, -0.2) is 0 Å². The molecule has 0 aromatic heterocycles. The standard InChI is InChI=1S/C20H30/c1-19(2,3)17-11-7-15(8-12-17)16-9-13-18(14-10-16)20(4,5)6/h7-8,11-13,16H,9-10,14H2,1-6H3. The summed E-state index contributed by atoms with van der Waals surface area (Å²) in [7, 11) is 0. The molecule has 20 heavy (non-hydrogen) atoms. The van der Waals surface area contributed by atoms with Crippen LogP contribution in [0.3, 0.4) is 0 Å². The SMILES string of the molecule is CC(C)(C)C1=CCC(c2ccc(C(C)(C)C)cc2)CC1. The normalized spacial score (nSPS) is 20.7. The molecule has 1 atom stereocenters. The monoisotopic (exact) mass is 270 g/mol. The van der Waals surface area contributed by atoms with Crippen molar-refractivity contribution < 1.29 is 0 Å². The summed E-state index contributed by atoms with van der Waals surface area (Å²) in [6.07, 6.45) is 6.26. The second-order valence-corrected chi connectivity index (χ2v) is 8.32. The van der Waals surface area contributed by atoms with Crippen LogP contribution < -0.4 is 0 Å². The Morgan fingerprint density at radius 2 is 1.45 bits per heavy atom. The van der Waals surface area contributed by atoms with Gasteiger partial charge in [-0.2, -0.15) is 0 Å². The van der Waals surface area contributed by atoms with Crippen LogP contribution in [0.5, 0.6) is 0 Å². The predicted octanol–water partition coefficient (Wildman–Crippen LogP) is 6.22. The van der Waals surface area contributed by atoms with Gasteiger partial charge in [-0.25, -0.2) is 0 Å². The molecule has 2 rings (SSSR count). The number of allylic oxidation sites excluding steroid dienone is 2. The Morgan fingerprint density at radius 3 is 1.85 bits per heavy atom. The number of benzene rings is 1. The Hall–Kier alpha value is -1.04. The molecule has 0 fully saturated rings. The molecule has 0 aliphatic heterocycles. The van der Waals surface area contributed by atoms with Gasteiger partial charge in [0.15, 0.2) is 0 Å². The van der Waals surface area contributed by atoms with Crippen molar-refractivity contribution in [2.75, 3.05) is 0 Å². The van der Waals surface area contributed by atoms with Crippen molar-refractivity contribution in [3.63, 3.8) is 0 Å². The quantitative estimate of drug-likeness (QED) is 0.531. The highest BCUT2D eigenvalue weighted by Gasteiger charge is 2.23. The topological polar surface area (TPSA) is 0 Å². The fourth-order valence-corrected chi connectivity index (χ4v) is 3.07. The lowest BCUT2D eigenvalue weighted by Gasteiger charge is -2.30. The van der Waals surface area contributed by atoms with E-state index in [0.29, 0.717) is 5.41 Å². The first-order chi connectivity index (χ1) is 9.18. The molecule has 1 aliphatic rings. The molecule has 0 heteroatoms. The largest absolute Gasteiger partial charge is 0.0842 e. The molecule has 0 saturated heterocycles. The van der Waals surface area contributed by atoms with E-state index < -0.39 is 0 Å². The number of rotatable bonds is 1. The first kappa shape index (κ1) is 15.4. The Morgan fingerprint density at radius 1 is 0.850 bits per heavy atom. The van der Waals surface area contributed by atoms with Crippen molar-refractivity contribution in [1.82, 2.24) is 0 Å². The zero-order valence-corrected chi connectivity index (χ0v) is 14.1. The highest BCUT2D eigenvalue weighted by Crippen LogP contribution is 2.39. The van der Waals surface area contributed by atoms with Crippen molar-refractivity contribution in [1.29, 1.82) is 0 Å². The number of hydrogen-bond acceptors (Lipinski definition) is 0. The molecule has 0 N–H and O–H groups in total. The van der Waals surface area contributed by atoms with Crippen LogP contribution in [0.1, 0.15) is 77.8 Å². The summed E-state index contributed by atoms with van der Waals surface area (Å²) in [6, 6.07) is 9.33. The van der Waals surface area contributed by atoms with Gasteiger partial charge in [0.05, 0.1) is 0 Å². The van der Waals surface area contributed by atoms with E-state index in [0.717, 1.165) is 5.92 Å². The summed E-state index contributed by atoms with van der Waals surface area (Å²) < 4.78 is 0. The van der Waals surface area contributed by atoms with Crippen LogP contribution in [0.4, 0.5) is 0 Å². The van der Waals surface area contributed by atoms with E-state index in [2.05, 4.69) is 71.9 Å². The number of hydrogen-bond donors (Lipinski definition) is 0. The lowest BCUT2D eigenvalue weighted by atomic mass is 9.75. The van der Waals surface area contributed by atoms with Crippen LogP contribution in [0.15, 0.2) is 35.9 Å². The summed E-state index contributed by atoms with van der Waals surface area (Å²) in [5.74, 6) is 0.718. The van der Waals surface area contributed by atoms with Gasteiger partial charge >= 0.3 is 0 Å². The Labute approximate surface area is 125 Å². The minimum absolute atomic E-state index is 0.254. The van der Waals surface area contributed by atoms with Gasteiger partial charge in [-0.3, -0.25) is 0 Å². The molecule has 0 amide bonds. The minimum atomic E-state index is 0.254. The van der Waals surface area contributed by atoms with Gasteiger partial charge in [0, 0.05) is 0 Å². The molecular weight excluding hydrogens is 240 g/mol. The fourth-order valence-electron chi connectivity index (χ4n) is 3.07. The third kappa shape index (κ3) is 3.53. The van der Waals surface area contributed by atoms with Gasteiger partial charge in [0.2, 0.25) is 0 Å². The van der Waals surface area contributed by atoms with Crippen molar-refractivity contribution in [2.45, 2.75) is 72.1 Å². The third-order valence-electron chi connectivity index (χ3n) is 4.62. The molecule has 1 aromatic carbocycles. The first-order valence-electron chi connectivity index (χ1n) is 7.98. The summed E-state index contributed by atoms with van der Waals surface area (Å²) in [6.45, 7) is 13.8. The highest BCUT2D eigenvalue weighted by molar-refractivity contribution is 5.31. The third-order valence-corrected chi connectivity index (χ3v) is 4.62. The average molecular weight is 270 g/mol. The van der Waals surface area contributed by atoms with Gasteiger partial charge < -0.3 is 0 Å². The molecule has 110 valence electrons. The zero-order chi connectivity index (χ0) is 15.0. The van der Waals surface area contributed by atoms with E-state index in [1.807, 2.05) is 0 Å². The van der Waals surface area contributed by atoms with Gasteiger partial charge in [0.1, 0.15) is 0 Å². The van der Waals surface area contributed by atoms with Crippen LogP contribution in [0, 0.1) is 5.41 Å². The maximum absolute atomic E-state index is 2.49. The Bertz CT molecular complexity index is 474. The van der Waals surface area contributed by atoms with Gasteiger partial charge in [0.25, 0.3) is 0 Å². The first-order valence-corrected chi connectivity index (χ1v) is 7.98. The molecule has 0 heterocycles. The van der Waals surface area contributed by atoms with Gasteiger partial charge in [-0.05, 0) is 47.1 Å². The zero-order valence-electron chi connectivity index (χ0n) is 14.1. The van der Waals surface area contributed by atoms with E-state index in [9.17, 15) is 0 Å². The van der Waals surface area contributed by atoms with Crippen molar-refractivity contribution in [3.05, 3.63) is 47.0 Å². The Balaban J connectivity index is 2.10. The van der Waals surface area contributed by atoms with Crippen molar-refractivity contribution in [3.8, 4) is 0 Å². The highest BCUT2D eigenvalue weighted by atomic mass is 14.3. The molecule has 0 bridgehead atoms. The van der Waals surface area contributed by atoms with Crippen molar-refractivity contribution >= 4 is 0 Å². The summed E-state index contributed by atoms with van der Waals surface area (Å²) in [4.78, 5) is 0. The van der Waals surface area contributed by atoms with Crippen LogP contribution >= 0.6 is 0 Å².